The maximum absolute atomic E-state index is 9.63. The predicted molar refractivity (Wildman–Crippen MR) is 194 cm³/mol. The Labute approximate surface area is 275 Å². The number of rotatable bonds is 27. The summed E-state index contributed by atoms with van der Waals surface area (Å²) in [6, 6.07) is 0. The fourth-order valence-electron chi connectivity index (χ4n) is 5.55. The molecule has 0 radical (unpaired) electrons. The third-order valence-electron chi connectivity index (χ3n) is 8.67. The Morgan fingerprint density at radius 1 is 0.409 bits per heavy atom. The molecule has 2 N–H and O–H groups in total. The Morgan fingerprint density at radius 2 is 0.545 bits per heavy atom. The summed E-state index contributed by atoms with van der Waals surface area (Å²) in [6.45, 7) is 18.8. The zero-order chi connectivity index (χ0) is 34.3. The summed E-state index contributed by atoms with van der Waals surface area (Å²) in [5.74, 6) is -4.12. The van der Waals surface area contributed by atoms with Crippen LogP contribution in [0.2, 0.25) is 0 Å². The average Bonchev–Trinajstić information content (AvgIpc) is 3.03. The number of unbranched alkanes of at least 4 members (excludes halogenated alkanes) is 8. The Bertz CT molecular complexity index is 517. The van der Waals surface area contributed by atoms with Gasteiger partial charge in [0.25, 0.3) is 0 Å². The van der Waals surface area contributed by atoms with Crippen molar-refractivity contribution in [1.82, 2.24) is 0 Å². The molecule has 266 valence electrons. The van der Waals surface area contributed by atoms with Crippen LogP contribution in [0.1, 0.15) is 158 Å². The van der Waals surface area contributed by atoms with E-state index >= 15 is 0 Å². The van der Waals surface area contributed by atoms with Gasteiger partial charge in [-0.3, -0.25) is 0 Å². The lowest BCUT2D eigenvalue weighted by Crippen LogP contribution is -2.51. The Morgan fingerprint density at radius 3 is 0.636 bits per heavy atom. The molecule has 0 rings (SSSR count). The number of carbonyl (C=O) groups excluding carboxylic acids is 2. The van der Waals surface area contributed by atoms with Gasteiger partial charge in [0.05, 0.1) is 61.2 Å². The summed E-state index contributed by atoms with van der Waals surface area (Å²) < 4.78 is 0. The number of hydrogen-bond acceptors (Lipinski definition) is 6. The zero-order valence-electron chi connectivity index (χ0n) is 30.5. The standard InChI is InChI=1S/2C16H36P.C4H6O6/c2*1-5-9-13-17(14-10-6-2,15-11-7-3)16-12-8-4;5-1(3(7)8)2(6)4(9)10/h2*5-16H2,1-4H3;1-2,5-6H,(H,7,8)(H,9,10)/q2*+1;/p-2. The minimum Gasteiger partial charge on any atom is -0.547 e. The number of carboxylic acids is 2. The highest BCUT2D eigenvalue weighted by Crippen LogP contribution is 2.62. The highest BCUT2D eigenvalue weighted by atomic mass is 31.2. The molecular weight excluding hydrogens is 590 g/mol. The van der Waals surface area contributed by atoms with E-state index < -0.39 is 38.7 Å². The number of hydrogen-bond donors (Lipinski definition) is 2. The van der Waals surface area contributed by atoms with E-state index in [9.17, 15) is 19.8 Å². The third-order valence-corrected chi connectivity index (χ3v) is 18.8. The summed E-state index contributed by atoms with van der Waals surface area (Å²) in [5.41, 5.74) is 0. The molecule has 0 bridgehead atoms. The fourth-order valence-corrected chi connectivity index (χ4v) is 16.1. The van der Waals surface area contributed by atoms with Gasteiger partial charge in [0.1, 0.15) is 12.2 Å². The van der Waals surface area contributed by atoms with Crippen molar-refractivity contribution in [2.24, 2.45) is 0 Å². The monoisotopic (exact) mass is 667 g/mol. The van der Waals surface area contributed by atoms with Crippen molar-refractivity contribution in [3.05, 3.63) is 0 Å². The van der Waals surface area contributed by atoms with Gasteiger partial charge in [-0.15, -0.1) is 0 Å². The number of aliphatic hydroxyl groups is 2. The van der Waals surface area contributed by atoms with Crippen molar-refractivity contribution >= 4 is 26.5 Å². The summed E-state index contributed by atoms with van der Waals surface area (Å²) in [5, 5.41) is 35.7. The van der Waals surface area contributed by atoms with Crippen LogP contribution in [0.25, 0.3) is 0 Å². The molecule has 0 heterocycles. The molecule has 0 spiro atoms. The van der Waals surface area contributed by atoms with Crippen LogP contribution >= 0.6 is 14.5 Å². The molecule has 44 heavy (non-hydrogen) atoms. The lowest BCUT2D eigenvalue weighted by molar-refractivity contribution is -0.333. The van der Waals surface area contributed by atoms with Crippen LogP contribution in [0.3, 0.4) is 0 Å². The Kier molecular flexibility index (Phi) is 35.7. The molecule has 2 unspecified atom stereocenters. The van der Waals surface area contributed by atoms with Gasteiger partial charge in [-0.05, 0) is 51.4 Å². The van der Waals surface area contributed by atoms with Gasteiger partial charge in [0, 0.05) is 14.5 Å². The largest absolute Gasteiger partial charge is 0.547 e. The van der Waals surface area contributed by atoms with Crippen LogP contribution < -0.4 is 10.2 Å². The first-order valence-electron chi connectivity index (χ1n) is 18.4. The van der Waals surface area contributed by atoms with E-state index in [1.165, 1.54) is 103 Å². The van der Waals surface area contributed by atoms with Gasteiger partial charge in [-0.25, -0.2) is 0 Å². The van der Waals surface area contributed by atoms with Crippen LogP contribution in [-0.2, 0) is 9.59 Å². The van der Waals surface area contributed by atoms with Crippen LogP contribution in [0.4, 0.5) is 0 Å². The fraction of sp³-hybridized carbons (Fsp3) is 0.944. The third kappa shape index (κ3) is 25.9. The molecule has 0 aliphatic carbocycles. The molecule has 0 aromatic carbocycles. The lowest BCUT2D eigenvalue weighted by Gasteiger charge is -2.28. The number of carboxylic acid groups (broad SMARTS) is 2. The van der Waals surface area contributed by atoms with E-state index in [1.54, 1.807) is 49.3 Å². The molecule has 6 nitrogen and oxygen atoms in total. The lowest BCUT2D eigenvalue weighted by atomic mass is 10.2. The Hall–Kier alpha value is -0.280. The number of aliphatic carboxylic acids is 2. The average molecular weight is 667 g/mol. The first-order chi connectivity index (χ1) is 20.9. The normalized spacial score (nSPS) is 12.9. The van der Waals surface area contributed by atoms with E-state index in [0.29, 0.717) is 0 Å². The zero-order valence-corrected chi connectivity index (χ0v) is 32.3. The summed E-state index contributed by atoms with van der Waals surface area (Å²) in [6.07, 6.45) is 31.0. The molecule has 0 saturated carbocycles. The highest BCUT2D eigenvalue weighted by molar-refractivity contribution is 7.76. The maximum atomic E-state index is 9.63. The van der Waals surface area contributed by atoms with Crippen LogP contribution in [0.5, 0.6) is 0 Å². The van der Waals surface area contributed by atoms with Crippen molar-refractivity contribution in [1.29, 1.82) is 0 Å². The van der Waals surface area contributed by atoms with Gasteiger partial charge in [-0.2, -0.15) is 0 Å². The molecule has 0 fully saturated rings. The van der Waals surface area contributed by atoms with Gasteiger partial charge in [0.15, 0.2) is 0 Å². The van der Waals surface area contributed by atoms with Crippen molar-refractivity contribution in [2.75, 3.05) is 49.3 Å². The molecule has 0 aromatic heterocycles. The van der Waals surface area contributed by atoms with Crippen LogP contribution in [0, 0.1) is 0 Å². The molecule has 0 saturated heterocycles. The SMILES string of the molecule is CCCC[P+](CCCC)(CCCC)CCCC.CCCC[P+](CCCC)(CCCC)CCCC.O=C([O-])C(O)C(O)C(=O)[O-]. The molecule has 0 amide bonds. The summed E-state index contributed by atoms with van der Waals surface area (Å²) in [7, 11) is -1.12. The van der Waals surface area contributed by atoms with Crippen molar-refractivity contribution < 1.29 is 30.0 Å². The minimum absolute atomic E-state index is 0.562. The quantitative estimate of drug-likeness (QED) is 0.0871. The molecular formula is C36H76O6P2. The van der Waals surface area contributed by atoms with Crippen molar-refractivity contribution in [3.63, 3.8) is 0 Å². The van der Waals surface area contributed by atoms with E-state index in [2.05, 4.69) is 55.4 Å². The first kappa shape index (κ1) is 48.1. The predicted octanol–water partition coefficient (Wildman–Crippen LogP) is 7.62. The van der Waals surface area contributed by atoms with Crippen molar-refractivity contribution in [2.45, 2.75) is 170 Å². The molecule has 0 aliphatic rings. The first-order valence-corrected chi connectivity index (χ1v) is 23.5. The topological polar surface area (TPSA) is 121 Å². The van der Waals surface area contributed by atoms with E-state index in [4.69, 9.17) is 10.2 Å². The van der Waals surface area contributed by atoms with Crippen LogP contribution in [0.15, 0.2) is 0 Å². The minimum atomic E-state index is -2.44. The van der Waals surface area contributed by atoms with E-state index in [1.807, 2.05) is 0 Å². The second kappa shape index (κ2) is 32.7. The number of carbonyl (C=O) groups is 2. The smallest absolute Gasteiger partial charge is 0.124 e. The van der Waals surface area contributed by atoms with E-state index in [0.717, 1.165) is 0 Å². The van der Waals surface area contributed by atoms with Gasteiger partial charge in [-0.1, -0.05) is 107 Å². The summed E-state index contributed by atoms with van der Waals surface area (Å²) in [4.78, 5) is 19.3. The highest BCUT2D eigenvalue weighted by Gasteiger charge is 2.35. The molecule has 2 atom stereocenters. The molecule has 0 aliphatic heterocycles. The molecule has 0 aromatic rings. The Balaban J connectivity index is -0.000000594. The van der Waals surface area contributed by atoms with Gasteiger partial charge < -0.3 is 30.0 Å². The van der Waals surface area contributed by atoms with Crippen molar-refractivity contribution in [3.8, 4) is 0 Å². The number of aliphatic hydroxyl groups excluding tert-OH is 2. The van der Waals surface area contributed by atoms with Gasteiger partial charge >= 0.3 is 0 Å². The molecule has 8 heteroatoms. The summed E-state index contributed by atoms with van der Waals surface area (Å²) >= 11 is 0. The van der Waals surface area contributed by atoms with E-state index in [-0.39, 0.29) is 0 Å². The van der Waals surface area contributed by atoms with Gasteiger partial charge in [0.2, 0.25) is 0 Å². The van der Waals surface area contributed by atoms with Crippen LogP contribution in [-0.4, -0.2) is 83.7 Å². The second-order valence-electron chi connectivity index (χ2n) is 12.8. The maximum Gasteiger partial charge on any atom is 0.124 e. The second-order valence-corrected chi connectivity index (χ2v) is 21.8.